The number of rotatable bonds is 5. The Hall–Kier alpha value is -2.82. The first-order valence-electron chi connectivity index (χ1n) is 6.03. The number of para-hydroxylation sites is 1. The van der Waals surface area contributed by atoms with Gasteiger partial charge in [0.05, 0.1) is 0 Å². The molecule has 0 aliphatic heterocycles. The summed E-state index contributed by atoms with van der Waals surface area (Å²) in [5, 5.41) is 2.70. The molecule has 3 N–H and O–H groups in total. The fraction of sp³-hybridized carbons (Fsp3) is 0.0667. The van der Waals surface area contributed by atoms with E-state index in [2.05, 4.69) is 5.32 Å². The lowest BCUT2D eigenvalue weighted by atomic mass is 10.2. The molecule has 0 aliphatic carbocycles. The summed E-state index contributed by atoms with van der Waals surface area (Å²) < 4.78 is 5.31. The van der Waals surface area contributed by atoms with E-state index >= 15 is 0 Å². The highest BCUT2D eigenvalue weighted by Gasteiger charge is 2.04. The average Bonchev–Trinajstić information content (AvgIpc) is 2.46. The molecule has 0 saturated heterocycles. The predicted molar refractivity (Wildman–Crippen MR) is 75.5 cm³/mol. The summed E-state index contributed by atoms with van der Waals surface area (Å²) in [7, 11) is 0. The molecule has 0 aliphatic rings. The molecule has 0 fully saturated rings. The number of primary amides is 1. The van der Waals surface area contributed by atoms with E-state index < -0.39 is 5.91 Å². The van der Waals surface area contributed by atoms with Crippen LogP contribution < -0.4 is 15.8 Å². The van der Waals surface area contributed by atoms with Crippen LogP contribution in [0.2, 0.25) is 0 Å². The van der Waals surface area contributed by atoms with Gasteiger partial charge in [0.1, 0.15) is 5.75 Å². The Bertz CT molecular complexity index is 594. The number of carbonyl (C=O) groups is 2. The largest absolute Gasteiger partial charge is 0.484 e. The van der Waals surface area contributed by atoms with Gasteiger partial charge in [0, 0.05) is 11.3 Å². The highest BCUT2D eigenvalue weighted by molar-refractivity contribution is 5.93. The lowest BCUT2D eigenvalue weighted by Crippen LogP contribution is -2.20. The van der Waals surface area contributed by atoms with Crippen molar-refractivity contribution in [2.45, 2.75) is 0 Å². The summed E-state index contributed by atoms with van der Waals surface area (Å²) in [5.41, 5.74) is 6.24. The Kier molecular flexibility index (Phi) is 4.34. The van der Waals surface area contributed by atoms with E-state index in [4.69, 9.17) is 10.5 Å². The summed E-state index contributed by atoms with van der Waals surface area (Å²) >= 11 is 0. The number of benzene rings is 2. The molecule has 0 spiro atoms. The SMILES string of the molecule is NC(=O)c1ccc(OCC(=O)Nc2ccccc2)cc1. The first-order valence-corrected chi connectivity index (χ1v) is 6.03. The highest BCUT2D eigenvalue weighted by Crippen LogP contribution is 2.12. The highest BCUT2D eigenvalue weighted by atomic mass is 16.5. The van der Waals surface area contributed by atoms with Crippen molar-refractivity contribution >= 4 is 17.5 Å². The van der Waals surface area contributed by atoms with Gasteiger partial charge in [-0.1, -0.05) is 18.2 Å². The van der Waals surface area contributed by atoms with Crippen molar-refractivity contribution in [3.63, 3.8) is 0 Å². The first-order chi connectivity index (χ1) is 9.65. The standard InChI is InChI=1S/C15H14N2O3/c16-15(19)11-6-8-13(9-7-11)20-10-14(18)17-12-4-2-1-3-5-12/h1-9H,10H2,(H2,16,19)(H,17,18). The van der Waals surface area contributed by atoms with Crippen molar-refractivity contribution in [1.82, 2.24) is 0 Å². The van der Waals surface area contributed by atoms with Gasteiger partial charge in [-0.05, 0) is 36.4 Å². The molecule has 2 rings (SSSR count). The van der Waals surface area contributed by atoms with E-state index in [0.29, 0.717) is 17.0 Å². The molecule has 2 amide bonds. The fourth-order valence-electron chi connectivity index (χ4n) is 1.58. The summed E-state index contributed by atoms with van der Waals surface area (Å²) in [4.78, 5) is 22.5. The normalized spacial score (nSPS) is 9.80. The number of amides is 2. The van der Waals surface area contributed by atoms with Gasteiger partial charge in [-0.2, -0.15) is 0 Å². The van der Waals surface area contributed by atoms with E-state index in [1.165, 1.54) is 0 Å². The molecule has 0 radical (unpaired) electrons. The van der Waals surface area contributed by atoms with Crippen molar-refractivity contribution in [2.24, 2.45) is 5.73 Å². The summed E-state index contributed by atoms with van der Waals surface area (Å²) in [6.45, 7) is -0.106. The van der Waals surface area contributed by atoms with Crippen LogP contribution in [0.15, 0.2) is 54.6 Å². The minimum atomic E-state index is -0.502. The fourth-order valence-corrected chi connectivity index (χ4v) is 1.58. The van der Waals surface area contributed by atoms with Gasteiger partial charge in [0.2, 0.25) is 5.91 Å². The zero-order valence-electron chi connectivity index (χ0n) is 10.7. The van der Waals surface area contributed by atoms with Crippen molar-refractivity contribution < 1.29 is 14.3 Å². The molecule has 0 saturated carbocycles. The molecule has 2 aromatic rings. The van der Waals surface area contributed by atoms with E-state index in [1.807, 2.05) is 18.2 Å². The van der Waals surface area contributed by atoms with Crippen molar-refractivity contribution in [1.29, 1.82) is 0 Å². The second kappa shape index (κ2) is 6.38. The van der Waals surface area contributed by atoms with Crippen LogP contribution in [-0.4, -0.2) is 18.4 Å². The lowest BCUT2D eigenvalue weighted by Gasteiger charge is -2.07. The summed E-state index contributed by atoms with van der Waals surface area (Å²) in [6.07, 6.45) is 0. The number of nitrogens with one attached hydrogen (secondary N) is 1. The molecule has 0 aromatic heterocycles. The summed E-state index contributed by atoms with van der Waals surface area (Å²) in [5.74, 6) is -0.258. The molecule has 0 atom stereocenters. The number of nitrogens with two attached hydrogens (primary N) is 1. The second-order valence-corrected chi connectivity index (χ2v) is 4.09. The maximum absolute atomic E-state index is 11.7. The van der Waals surface area contributed by atoms with Crippen molar-refractivity contribution in [2.75, 3.05) is 11.9 Å². The number of hydrogen-bond acceptors (Lipinski definition) is 3. The Morgan fingerprint density at radius 2 is 1.65 bits per heavy atom. The van der Waals surface area contributed by atoms with Crippen LogP contribution in [0.3, 0.4) is 0 Å². The zero-order valence-corrected chi connectivity index (χ0v) is 10.7. The molecular weight excluding hydrogens is 256 g/mol. The quantitative estimate of drug-likeness (QED) is 0.869. The van der Waals surface area contributed by atoms with Gasteiger partial charge in [-0.15, -0.1) is 0 Å². The molecule has 20 heavy (non-hydrogen) atoms. The van der Waals surface area contributed by atoms with Crippen LogP contribution in [0.1, 0.15) is 10.4 Å². The van der Waals surface area contributed by atoms with E-state index in [0.717, 1.165) is 0 Å². The Morgan fingerprint density at radius 3 is 2.25 bits per heavy atom. The second-order valence-electron chi connectivity index (χ2n) is 4.09. The van der Waals surface area contributed by atoms with Gasteiger partial charge in [-0.25, -0.2) is 0 Å². The molecule has 102 valence electrons. The van der Waals surface area contributed by atoms with Crippen LogP contribution in [0.25, 0.3) is 0 Å². The maximum Gasteiger partial charge on any atom is 0.262 e. The first kappa shape index (κ1) is 13.6. The number of anilines is 1. The van der Waals surface area contributed by atoms with Gasteiger partial charge < -0.3 is 15.8 Å². The average molecular weight is 270 g/mol. The van der Waals surface area contributed by atoms with Gasteiger partial charge in [0.15, 0.2) is 6.61 Å². The van der Waals surface area contributed by atoms with E-state index in [1.54, 1.807) is 36.4 Å². The van der Waals surface area contributed by atoms with Gasteiger partial charge in [0.25, 0.3) is 5.91 Å². The zero-order chi connectivity index (χ0) is 14.4. The van der Waals surface area contributed by atoms with Crippen LogP contribution in [0, 0.1) is 0 Å². The van der Waals surface area contributed by atoms with Crippen LogP contribution >= 0.6 is 0 Å². The number of ether oxygens (including phenoxy) is 1. The predicted octanol–water partition coefficient (Wildman–Crippen LogP) is 1.80. The molecule has 0 heterocycles. The topological polar surface area (TPSA) is 81.4 Å². The minimum absolute atomic E-state index is 0.106. The third-order valence-corrected chi connectivity index (χ3v) is 2.57. The minimum Gasteiger partial charge on any atom is -0.484 e. The Morgan fingerprint density at radius 1 is 1.00 bits per heavy atom. The van der Waals surface area contributed by atoms with Crippen LogP contribution in [0.5, 0.6) is 5.75 Å². The van der Waals surface area contributed by atoms with Crippen molar-refractivity contribution in [3.8, 4) is 5.75 Å². The molecular formula is C15H14N2O3. The monoisotopic (exact) mass is 270 g/mol. The number of hydrogen-bond donors (Lipinski definition) is 2. The van der Waals surface area contributed by atoms with Crippen molar-refractivity contribution in [3.05, 3.63) is 60.2 Å². The van der Waals surface area contributed by atoms with E-state index in [9.17, 15) is 9.59 Å². The molecule has 0 bridgehead atoms. The maximum atomic E-state index is 11.7. The number of carbonyl (C=O) groups excluding carboxylic acids is 2. The van der Waals surface area contributed by atoms with E-state index in [-0.39, 0.29) is 12.5 Å². The lowest BCUT2D eigenvalue weighted by molar-refractivity contribution is -0.118. The smallest absolute Gasteiger partial charge is 0.262 e. The molecule has 5 nitrogen and oxygen atoms in total. The van der Waals surface area contributed by atoms with Crippen LogP contribution in [-0.2, 0) is 4.79 Å². The summed E-state index contributed by atoms with van der Waals surface area (Å²) in [6, 6.07) is 15.4. The molecule has 0 unspecified atom stereocenters. The molecule has 5 heteroatoms. The Balaban J connectivity index is 1.85. The third kappa shape index (κ3) is 3.84. The molecule has 2 aromatic carbocycles. The Labute approximate surface area is 116 Å². The van der Waals surface area contributed by atoms with Crippen LogP contribution in [0.4, 0.5) is 5.69 Å². The third-order valence-electron chi connectivity index (χ3n) is 2.57. The van der Waals surface area contributed by atoms with Gasteiger partial charge >= 0.3 is 0 Å². The van der Waals surface area contributed by atoms with Gasteiger partial charge in [-0.3, -0.25) is 9.59 Å².